The molecule has 0 bridgehead atoms. The lowest BCUT2D eigenvalue weighted by atomic mass is 9.89. The summed E-state index contributed by atoms with van der Waals surface area (Å²) in [7, 11) is 0. The van der Waals surface area contributed by atoms with E-state index in [1.54, 1.807) is 6.92 Å². The number of carbonyl (C=O) groups is 1. The third-order valence-electron chi connectivity index (χ3n) is 2.04. The van der Waals surface area contributed by atoms with E-state index in [2.05, 4.69) is 5.18 Å². The van der Waals surface area contributed by atoms with Crippen molar-refractivity contribution in [3.63, 3.8) is 0 Å². The molecule has 0 aliphatic heterocycles. The maximum Gasteiger partial charge on any atom is 0.133 e. The summed E-state index contributed by atoms with van der Waals surface area (Å²) in [5, 5.41) is 2.84. The van der Waals surface area contributed by atoms with Crippen LogP contribution in [-0.2, 0) is 4.79 Å². The largest absolute Gasteiger partial charge is 0.300 e. The monoisotopic (exact) mass is 153 g/mol. The lowest BCUT2D eigenvalue weighted by molar-refractivity contribution is -0.121. The van der Waals surface area contributed by atoms with Crippen LogP contribution in [0.3, 0.4) is 0 Å². The Balaban J connectivity index is 2.59. The fourth-order valence-electron chi connectivity index (χ4n) is 1.31. The maximum absolute atomic E-state index is 10.9. The highest BCUT2D eigenvalue weighted by Gasteiger charge is 2.19. The molecule has 60 valence electrons. The second kappa shape index (κ2) is 3.42. The van der Waals surface area contributed by atoms with Crippen LogP contribution in [0.15, 0.2) is 16.9 Å². The van der Waals surface area contributed by atoms with Gasteiger partial charge in [0.2, 0.25) is 0 Å². The summed E-state index contributed by atoms with van der Waals surface area (Å²) in [6.07, 6.45) is 4.03. The molecule has 0 aromatic rings. The molecule has 0 saturated heterocycles. The van der Waals surface area contributed by atoms with Crippen molar-refractivity contribution in [2.75, 3.05) is 0 Å². The third-order valence-corrected chi connectivity index (χ3v) is 2.04. The molecule has 0 spiro atoms. The molecule has 1 aliphatic rings. The Bertz CT molecular complexity index is 208. The number of hydrogen-bond acceptors (Lipinski definition) is 3. The highest BCUT2D eigenvalue weighted by Crippen LogP contribution is 2.24. The van der Waals surface area contributed by atoms with E-state index in [0.717, 1.165) is 12.8 Å². The fraction of sp³-hybridized carbons (Fsp3) is 0.625. The second-order valence-electron chi connectivity index (χ2n) is 2.88. The molecule has 1 atom stereocenters. The number of nitrogens with zero attached hydrogens (tertiary/aromatic N) is 1. The highest BCUT2D eigenvalue weighted by molar-refractivity contribution is 5.78. The molecule has 11 heavy (non-hydrogen) atoms. The predicted molar refractivity (Wildman–Crippen MR) is 41.9 cm³/mol. The van der Waals surface area contributed by atoms with Crippen LogP contribution in [0.1, 0.15) is 26.2 Å². The van der Waals surface area contributed by atoms with E-state index in [4.69, 9.17) is 0 Å². The minimum Gasteiger partial charge on any atom is -0.300 e. The standard InChI is InChI=1S/C8H11NO2/c1-6(10)7-3-2-4-8(5-7)9-11/h4,7H,2-3,5H2,1H3/t7-/m0/s1. The van der Waals surface area contributed by atoms with E-state index in [9.17, 15) is 9.70 Å². The minimum absolute atomic E-state index is 0.0349. The van der Waals surface area contributed by atoms with Crippen LogP contribution in [0.5, 0.6) is 0 Å². The summed E-state index contributed by atoms with van der Waals surface area (Å²) in [5.41, 5.74) is 0.538. The van der Waals surface area contributed by atoms with Crippen molar-refractivity contribution in [3.8, 4) is 0 Å². The zero-order valence-corrected chi connectivity index (χ0v) is 6.54. The molecule has 0 heterocycles. The van der Waals surface area contributed by atoms with Crippen molar-refractivity contribution in [1.82, 2.24) is 0 Å². The van der Waals surface area contributed by atoms with Gasteiger partial charge in [-0.2, -0.15) is 0 Å². The third kappa shape index (κ3) is 1.97. The zero-order valence-electron chi connectivity index (χ0n) is 6.54. The Morgan fingerprint density at radius 1 is 1.73 bits per heavy atom. The van der Waals surface area contributed by atoms with Crippen LogP contribution in [0, 0.1) is 10.8 Å². The molecule has 3 heteroatoms. The molecule has 0 aromatic carbocycles. The molecule has 3 nitrogen and oxygen atoms in total. The lowest BCUT2D eigenvalue weighted by Crippen LogP contribution is -2.13. The first-order valence-corrected chi connectivity index (χ1v) is 3.77. The number of nitroso groups, excluding NO2 is 1. The number of hydrogen-bond donors (Lipinski definition) is 0. The number of rotatable bonds is 2. The van der Waals surface area contributed by atoms with Crippen LogP contribution >= 0.6 is 0 Å². The zero-order chi connectivity index (χ0) is 8.27. The molecule has 0 amide bonds. The van der Waals surface area contributed by atoms with Gasteiger partial charge in [-0.05, 0) is 24.9 Å². The first kappa shape index (κ1) is 8.11. The minimum atomic E-state index is 0.0349. The van der Waals surface area contributed by atoms with Gasteiger partial charge in [0.1, 0.15) is 5.78 Å². The molecule has 0 N–H and O–H groups in total. The number of carbonyl (C=O) groups excluding carboxylic acids is 1. The van der Waals surface area contributed by atoms with Gasteiger partial charge in [-0.1, -0.05) is 6.08 Å². The van der Waals surface area contributed by atoms with E-state index >= 15 is 0 Å². The van der Waals surface area contributed by atoms with Crippen molar-refractivity contribution in [2.45, 2.75) is 26.2 Å². The summed E-state index contributed by atoms with van der Waals surface area (Å²) < 4.78 is 0. The molecule has 1 rings (SSSR count). The van der Waals surface area contributed by atoms with Gasteiger partial charge in [0.15, 0.2) is 0 Å². The molecular weight excluding hydrogens is 142 g/mol. The van der Waals surface area contributed by atoms with Gasteiger partial charge in [0, 0.05) is 12.3 Å². The summed E-state index contributed by atoms with van der Waals surface area (Å²) >= 11 is 0. The van der Waals surface area contributed by atoms with E-state index < -0.39 is 0 Å². The van der Waals surface area contributed by atoms with Crippen LogP contribution in [-0.4, -0.2) is 5.78 Å². The van der Waals surface area contributed by atoms with Gasteiger partial charge in [0.25, 0.3) is 0 Å². The molecular formula is C8H11NO2. The molecule has 0 radical (unpaired) electrons. The topological polar surface area (TPSA) is 46.5 Å². The molecule has 0 saturated carbocycles. The Hall–Kier alpha value is -0.990. The predicted octanol–water partition coefficient (Wildman–Crippen LogP) is 2.03. The molecule has 0 fully saturated rings. The molecule has 0 aromatic heterocycles. The Morgan fingerprint density at radius 2 is 2.45 bits per heavy atom. The molecule has 0 unspecified atom stereocenters. The van der Waals surface area contributed by atoms with E-state index in [0.29, 0.717) is 12.1 Å². The van der Waals surface area contributed by atoms with Gasteiger partial charge in [-0.25, -0.2) is 0 Å². The van der Waals surface area contributed by atoms with E-state index in [1.165, 1.54) is 0 Å². The fourth-order valence-corrected chi connectivity index (χ4v) is 1.31. The average Bonchev–Trinajstić information content (AvgIpc) is 2.05. The number of ketones is 1. The van der Waals surface area contributed by atoms with Gasteiger partial charge >= 0.3 is 0 Å². The summed E-state index contributed by atoms with van der Waals surface area (Å²) in [6, 6.07) is 0. The first-order chi connectivity index (χ1) is 5.24. The van der Waals surface area contributed by atoms with Gasteiger partial charge in [0.05, 0.1) is 5.70 Å². The van der Waals surface area contributed by atoms with Crippen LogP contribution in [0.25, 0.3) is 0 Å². The average molecular weight is 153 g/mol. The van der Waals surface area contributed by atoms with Crippen molar-refractivity contribution in [2.24, 2.45) is 11.1 Å². The van der Waals surface area contributed by atoms with Crippen molar-refractivity contribution in [3.05, 3.63) is 16.7 Å². The summed E-state index contributed by atoms with van der Waals surface area (Å²) in [4.78, 5) is 21.0. The normalized spacial score (nSPS) is 24.1. The Morgan fingerprint density at radius 3 is 3.00 bits per heavy atom. The van der Waals surface area contributed by atoms with Gasteiger partial charge in [-0.3, -0.25) is 4.79 Å². The molecule has 1 aliphatic carbocycles. The first-order valence-electron chi connectivity index (χ1n) is 3.77. The summed E-state index contributed by atoms with van der Waals surface area (Å²) in [6.45, 7) is 1.57. The van der Waals surface area contributed by atoms with Crippen LogP contribution in [0.4, 0.5) is 0 Å². The SMILES string of the molecule is CC(=O)[C@H]1CCC=C(N=O)C1. The van der Waals surface area contributed by atoms with Crippen LogP contribution in [0.2, 0.25) is 0 Å². The number of Topliss-reactive ketones (excluding diaryl/α,β-unsaturated/α-hetero) is 1. The van der Waals surface area contributed by atoms with Crippen LogP contribution < -0.4 is 0 Å². The van der Waals surface area contributed by atoms with Crippen molar-refractivity contribution >= 4 is 5.78 Å². The number of allylic oxidation sites excluding steroid dienone is 2. The maximum atomic E-state index is 10.9. The summed E-state index contributed by atoms with van der Waals surface area (Å²) in [5.74, 6) is 0.201. The van der Waals surface area contributed by atoms with Crippen molar-refractivity contribution < 1.29 is 4.79 Å². The van der Waals surface area contributed by atoms with Gasteiger partial charge < -0.3 is 0 Å². The Labute approximate surface area is 65.5 Å². The van der Waals surface area contributed by atoms with Gasteiger partial charge in [-0.15, -0.1) is 4.91 Å². The van der Waals surface area contributed by atoms with E-state index in [1.807, 2.05) is 6.08 Å². The Kier molecular flexibility index (Phi) is 2.52. The smallest absolute Gasteiger partial charge is 0.133 e. The highest BCUT2D eigenvalue weighted by atomic mass is 16.3. The second-order valence-corrected chi connectivity index (χ2v) is 2.88. The lowest BCUT2D eigenvalue weighted by Gasteiger charge is -2.15. The quantitative estimate of drug-likeness (QED) is 0.570. The van der Waals surface area contributed by atoms with E-state index in [-0.39, 0.29) is 11.7 Å². The van der Waals surface area contributed by atoms with Crippen molar-refractivity contribution in [1.29, 1.82) is 0 Å².